The second-order valence-electron chi connectivity index (χ2n) is 8.49. The average molecular weight is 480 g/mol. The highest BCUT2D eigenvalue weighted by atomic mass is 32.2. The molecule has 0 fully saturated rings. The van der Waals surface area contributed by atoms with Gasteiger partial charge in [-0.3, -0.25) is 9.35 Å². The minimum Gasteiger partial charge on any atom is -0.497 e. The molecule has 10 heteroatoms. The number of carbonyl (C=O) groups is 2. The first kappa shape index (κ1) is 26.3. The van der Waals surface area contributed by atoms with Crippen LogP contribution in [-0.2, 0) is 14.9 Å². The zero-order valence-corrected chi connectivity index (χ0v) is 20.1. The molecular weight excluding hydrogens is 450 g/mol. The largest absolute Gasteiger partial charge is 0.497 e. The molecule has 9 nitrogen and oxygen atoms in total. The summed E-state index contributed by atoms with van der Waals surface area (Å²) in [6.45, 7) is 7.19. The zero-order chi connectivity index (χ0) is 24.8. The van der Waals surface area contributed by atoms with Crippen molar-refractivity contribution in [1.29, 1.82) is 0 Å². The van der Waals surface area contributed by atoms with E-state index in [0.29, 0.717) is 11.3 Å². The maximum atomic E-state index is 12.7. The molecule has 0 amide bonds. The van der Waals surface area contributed by atoms with Crippen molar-refractivity contribution in [3.05, 3.63) is 53.6 Å². The number of ether oxygens (including phenoxy) is 3. The summed E-state index contributed by atoms with van der Waals surface area (Å²) < 4.78 is 48.4. The third-order valence-electron chi connectivity index (χ3n) is 4.51. The van der Waals surface area contributed by atoms with Crippen molar-refractivity contribution in [1.82, 2.24) is 5.32 Å². The normalized spacial score (nSPS) is 12.7. The van der Waals surface area contributed by atoms with Gasteiger partial charge in [0, 0.05) is 24.9 Å². The van der Waals surface area contributed by atoms with Crippen LogP contribution in [0.5, 0.6) is 17.2 Å². The molecular formula is C23H29NO8S. The van der Waals surface area contributed by atoms with Gasteiger partial charge < -0.3 is 19.5 Å². The molecule has 1 unspecified atom stereocenters. The van der Waals surface area contributed by atoms with Gasteiger partial charge in [-0.05, 0) is 62.7 Å². The Balaban J connectivity index is 2.41. The van der Waals surface area contributed by atoms with E-state index in [1.807, 2.05) is 20.8 Å². The highest BCUT2D eigenvalue weighted by Gasteiger charge is 2.24. The van der Waals surface area contributed by atoms with Crippen LogP contribution in [0.25, 0.3) is 0 Å². The predicted molar refractivity (Wildman–Crippen MR) is 123 cm³/mol. The number of hydrogen-bond donors (Lipinski definition) is 2. The highest BCUT2D eigenvalue weighted by molar-refractivity contribution is 7.85. The van der Waals surface area contributed by atoms with Gasteiger partial charge in [0.15, 0.2) is 11.5 Å². The first-order valence-corrected chi connectivity index (χ1v) is 11.8. The van der Waals surface area contributed by atoms with Crippen molar-refractivity contribution in [2.45, 2.75) is 39.2 Å². The summed E-state index contributed by atoms with van der Waals surface area (Å²) in [6.07, 6.45) is 0. The fourth-order valence-electron chi connectivity index (χ4n) is 2.94. The van der Waals surface area contributed by atoms with Gasteiger partial charge in [0.2, 0.25) is 0 Å². The van der Waals surface area contributed by atoms with Crippen molar-refractivity contribution >= 4 is 22.1 Å². The van der Waals surface area contributed by atoms with Crippen molar-refractivity contribution in [3.8, 4) is 17.2 Å². The van der Waals surface area contributed by atoms with Gasteiger partial charge in [0.05, 0.1) is 18.4 Å². The Morgan fingerprint density at radius 1 is 1.03 bits per heavy atom. The number of benzene rings is 2. The molecule has 180 valence electrons. The maximum Gasteiger partial charge on any atom is 0.343 e. The molecule has 33 heavy (non-hydrogen) atoms. The van der Waals surface area contributed by atoms with Gasteiger partial charge in [0.1, 0.15) is 5.75 Å². The molecule has 2 N–H and O–H groups in total. The number of hydrogen-bond acceptors (Lipinski definition) is 8. The Kier molecular flexibility index (Phi) is 8.59. The van der Waals surface area contributed by atoms with Crippen LogP contribution < -0.4 is 19.5 Å². The highest BCUT2D eigenvalue weighted by Crippen LogP contribution is 2.33. The SMILES string of the molecule is COc1ccc(C(=O)Oc2cc(C(CNC(C)(C)C)CS(=O)(=O)O)ccc2OC(C)=O)cc1. The fraction of sp³-hybridized carbons (Fsp3) is 0.391. The quantitative estimate of drug-likeness (QED) is 0.316. The van der Waals surface area contributed by atoms with E-state index in [1.165, 1.54) is 38.3 Å². The zero-order valence-electron chi connectivity index (χ0n) is 19.2. The molecule has 2 aromatic rings. The maximum absolute atomic E-state index is 12.7. The predicted octanol–water partition coefficient (Wildman–Crippen LogP) is 3.20. The van der Waals surface area contributed by atoms with E-state index in [2.05, 4.69) is 5.32 Å². The summed E-state index contributed by atoms with van der Waals surface area (Å²) in [5.41, 5.74) is 0.399. The van der Waals surface area contributed by atoms with Gasteiger partial charge >= 0.3 is 11.9 Å². The van der Waals surface area contributed by atoms with E-state index < -0.39 is 33.7 Å². The molecule has 0 aliphatic heterocycles. The Bertz CT molecular complexity index is 1090. The summed E-state index contributed by atoms with van der Waals surface area (Å²) in [5.74, 6) is -2.02. The number of esters is 2. The van der Waals surface area contributed by atoms with Gasteiger partial charge in [0.25, 0.3) is 10.1 Å². The van der Waals surface area contributed by atoms with Crippen LogP contribution in [0.3, 0.4) is 0 Å². The van der Waals surface area contributed by atoms with Gasteiger partial charge in [-0.25, -0.2) is 4.79 Å². The van der Waals surface area contributed by atoms with Gasteiger partial charge in [-0.1, -0.05) is 6.07 Å². The van der Waals surface area contributed by atoms with E-state index in [1.54, 1.807) is 18.2 Å². The standard InChI is InChI=1S/C23H29NO8S/c1-15(25)31-20-11-8-17(18(14-33(27,28)29)13-24-23(2,3)4)12-21(20)32-22(26)16-6-9-19(30-5)10-7-16/h6-12,18,24H,13-14H2,1-5H3,(H,27,28,29). The molecule has 0 saturated carbocycles. The Hall–Kier alpha value is -2.95. The molecule has 0 bridgehead atoms. The first-order valence-electron chi connectivity index (χ1n) is 10.2. The van der Waals surface area contributed by atoms with Crippen molar-refractivity contribution in [2.24, 2.45) is 0 Å². The van der Waals surface area contributed by atoms with Crippen LogP contribution in [0.15, 0.2) is 42.5 Å². The minimum absolute atomic E-state index is 0.00231. The second kappa shape index (κ2) is 10.8. The van der Waals surface area contributed by atoms with E-state index >= 15 is 0 Å². The number of nitrogens with one attached hydrogen (secondary N) is 1. The van der Waals surface area contributed by atoms with Crippen LogP contribution in [0.2, 0.25) is 0 Å². The fourth-order valence-corrected chi connectivity index (χ4v) is 3.76. The molecule has 1 atom stereocenters. The van der Waals surface area contributed by atoms with Crippen molar-refractivity contribution in [3.63, 3.8) is 0 Å². The Labute approximate surface area is 193 Å². The average Bonchev–Trinajstić information content (AvgIpc) is 2.70. The number of methoxy groups -OCH3 is 1. The number of carbonyl (C=O) groups excluding carboxylic acids is 2. The first-order chi connectivity index (χ1) is 15.3. The monoisotopic (exact) mass is 479 g/mol. The molecule has 0 radical (unpaired) electrons. The van der Waals surface area contributed by atoms with Crippen LogP contribution in [0.4, 0.5) is 0 Å². The third kappa shape index (κ3) is 8.83. The smallest absolute Gasteiger partial charge is 0.343 e. The summed E-state index contributed by atoms with van der Waals surface area (Å²) in [5, 5.41) is 3.21. The van der Waals surface area contributed by atoms with E-state index in [4.69, 9.17) is 14.2 Å². The minimum atomic E-state index is -4.30. The molecule has 0 aliphatic carbocycles. The lowest BCUT2D eigenvalue weighted by Gasteiger charge is -2.25. The van der Waals surface area contributed by atoms with E-state index in [9.17, 15) is 22.6 Å². The summed E-state index contributed by atoms with van der Waals surface area (Å²) in [6, 6.07) is 10.6. The Morgan fingerprint density at radius 2 is 1.67 bits per heavy atom. The molecule has 0 aliphatic rings. The second-order valence-corrected chi connectivity index (χ2v) is 9.99. The van der Waals surface area contributed by atoms with Gasteiger partial charge in [-0.2, -0.15) is 8.42 Å². The molecule has 0 aromatic heterocycles. The van der Waals surface area contributed by atoms with Crippen molar-refractivity contribution < 1.29 is 36.8 Å². The Morgan fingerprint density at radius 3 is 2.18 bits per heavy atom. The van der Waals surface area contributed by atoms with Crippen LogP contribution in [0.1, 0.15) is 49.5 Å². The van der Waals surface area contributed by atoms with E-state index in [0.717, 1.165) is 0 Å². The molecule has 0 saturated heterocycles. The summed E-state index contributed by atoms with van der Waals surface area (Å²) >= 11 is 0. The number of rotatable bonds is 9. The lowest BCUT2D eigenvalue weighted by atomic mass is 9.98. The topological polar surface area (TPSA) is 128 Å². The van der Waals surface area contributed by atoms with Gasteiger partial charge in [-0.15, -0.1) is 0 Å². The summed E-state index contributed by atoms with van der Waals surface area (Å²) in [4.78, 5) is 24.2. The van der Waals surface area contributed by atoms with Crippen molar-refractivity contribution in [2.75, 3.05) is 19.4 Å². The molecule has 0 spiro atoms. The third-order valence-corrected chi connectivity index (χ3v) is 5.34. The molecule has 0 heterocycles. The van der Waals surface area contributed by atoms with Crippen LogP contribution >= 0.6 is 0 Å². The molecule has 2 aromatic carbocycles. The van der Waals surface area contributed by atoms with Crippen LogP contribution in [-0.4, -0.2) is 49.9 Å². The lowest BCUT2D eigenvalue weighted by molar-refractivity contribution is -0.132. The lowest BCUT2D eigenvalue weighted by Crippen LogP contribution is -2.39. The molecule has 2 rings (SSSR count). The van der Waals surface area contributed by atoms with E-state index in [-0.39, 0.29) is 29.1 Å². The van der Waals surface area contributed by atoms with Crippen LogP contribution in [0, 0.1) is 0 Å². The summed E-state index contributed by atoms with van der Waals surface area (Å²) in [7, 11) is -2.80.